The molecule has 0 aliphatic carbocycles. The molecule has 5 nitrogen and oxygen atoms in total. The topological polar surface area (TPSA) is 66.9 Å². The molecule has 0 fully saturated rings. The first-order chi connectivity index (χ1) is 10.5. The molecular weight excluding hydrogens is 414 g/mol. The van der Waals surface area contributed by atoms with Gasteiger partial charge in [0.2, 0.25) is 0 Å². The zero-order valence-corrected chi connectivity index (χ0v) is 14.7. The number of hydrogen-bond donors (Lipinski definition) is 2. The molecule has 0 aliphatic rings. The smallest absolute Gasteiger partial charge is 0.273 e. The van der Waals surface area contributed by atoms with Crippen molar-refractivity contribution in [1.82, 2.24) is 9.55 Å². The predicted octanol–water partition coefficient (Wildman–Crippen LogP) is 3.64. The molecule has 0 spiro atoms. The van der Waals surface area contributed by atoms with Crippen LogP contribution in [-0.2, 0) is 7.05 Å². The number of para-hydroxylation sites is 1. The number of pyridine rings is 1. The second-order valence-corrected chi connectivity index (χ2v) is 6.46. The van der Waals surface area contributed by atoms with Crippen molar-refractivity contribution in [1.29, 1.82) is 0 Å². The van der Waals surface area contributed by atoms with E-state index in [0.29, 0.717) is 14.6 Å². The molecule has 1 aromatic carbocycles. The number of aromatic amines is 1. The highest BCUT2D eigenvalue weighted by atomic mass is 79.9. The molecule has 7 heteroatoms. The van der Waals surface area contributed by atoms with Gasteiger partial charge in [0.1, 0.15) is 11.4 Å². The van der Waals surface area contributed by atoms with E-state index in [0.717, 1.165) is 10.9 Å². The largest absolute Gasteiger partial charge is 0.339 e. The van der Waals surface area contributed by atoms with Gasteiger partial charge in [-0.15, -0.1) is 0 Å². The molecule has 2 aromatic heterocycles. The minimum Gasteiger partial charge on any atom is -0.339 e. The molecule has 22 heavy (non-hydrogen) atoms. The molecule has 0 unspecified atom stereocenters. The van der Waals surface area contributed by atoms with Crippen LogP contribution in [0.15, 0.2) is 50.3 Å². The Hall–Kier alpha value is -1.86. The minimum absolute atomic E-state index is 0.191. The van der Waals surface area contributed by atoms with Gasteiger partial charge in [0.25, 0.3) is 11.5 Å². The molecule has 0 aliphatic heterocycles. The van der Waals surface area contributed by atoms with E-state index in [1.807, 2.05) is 31.3 Å². The first-order valence-electron chi connectivity index (χ1n) is 6.41. The second-order valence-electron chi connectivity index (χ2n) is 4.75. The van der Waals surface area contributed by atoms with Crippen molar-refractivity contribution >= 4 is 54.4 Å². The van der Waals surface area contributed by atoms with Crippen LogP contribution in [0.5, 0.6) is 0 Å². The van der Waals surface area contributed by atoms with Gasteiger partial charge < -0.3 is 14.9 Å². The summed E-state index contributed by atoms with van der Waals surface area (Å²) >= 11 is 6.74. The fourth-order valence-electron chi connectivity index (χ4n) is 2.33. The lowest BCUT2D eigenvalue weighted by Crippen LogP contribution is -2.21. The summed E-state index contributed by atoms with van der Waals surface area (Å²) in [6, 6.07) is 9.25. The summed E-state index contributed by atoms with van der Waals surface area (Å²) in [4.78, 5) is 26.9. The Kier molecular flexibility index (Phi) is 3.92. The number of anilines is 1. The van der Waals surface area contributed by atoms with Crippen molar-refractivity contribution in [3.8, 4) is 0 Å². The molecule has 3 aromatic rings. The average molecular weight is 425 g/mol. The lowest BCUT2D eigenvalue weighted by molar-refractivity contribution is 0.101. The summed E-state index contributed by atoms with van der Waals surface area (Å²) in [5.41, 5.74) is 1.23. The van der Waals surface area contributed by atoms with Crippen LogP contribution in [-0.4, -0.2) is 15.5 Å². The molecule has 1 amide bonds. The molecule has 0 atom stereocenters. The van der Waals surface area contributed by atoms with Gasteiger partial charge in [-0.2, -0.15) is 0 Å². The summed E-state index contributed by atoms with van der Waals surface area (Å²) in [7, 11) is 1.81. The summed E-state index contributed by atoms with van der Waals surface area (Å²) in [6.07, 6.45) is 1.52. The zero-order valence-electron chi connectivity index (χ0n) is 11.5. The zero-order chi connectivity index (χ0) is 15.9. The van der Waals surface area contributed by atoms with Gasteiger partial charge in [-0.25, -0.2) is 0 Å². The molecule has 0 radical (unpaired) electrons. The molecule has 3 rings (SSSR count). The highest BCUT2D eigenvalue weighted by Gasteiger charge is 2.20. The Labute approximate surface area is 142 Å². The maximum absolute atomic E-state index is 12.6. The third-order valence-electron chi connectivity index (χ3n) is 3.38. The van der Waals surface area contributed by atoms with Crippen LogP contribution < -0.4 is 10.9 Å². The molecule has 0 bridgehead atoms. The van der Waals surface area contributed by atoms with E-state index < -0.39 is 0 Å². The molecule has 2 N–H and O–H groups in total. The van der Waals surface area contributed by atoms with Crippen molar-refractivity contribution in [2.75, 3.05) is 5.32 Å². The minimum atomic E-state index is -0.355. The number of fused-ring (bicyclic) bond motifs is 1. The van der Waals surface area contributed by atoms with Crippen LogP contribution in [0.25, 0.3) is 10.9 Å². The highest BCUT2D eigenvalue weighted by Crippen LogP contribution is 2.30. The van der Waals surface area contributed by atoms with Gasteiger partial charge >= 0.3 is 0 Å². The van der Waals surface area contributed by atoms with Gasteiger partial charge in [-0.1, -0.05) is 18.2 Å². The third kappa shape index (κ3) is 2.50. The van der Waals surface area contributed by atoms with Gasteiger partial charge in [-0.3, -0.25) is 9.59 Å². The average Bonchev–Trinajstić information content (AvgIpc) is 2.75. The van der Waals surface area contributed by atoms with Crippen molar-refractivity contribution in [2.24, 2.45) is 7.05 Å². The van der Waals surface area contributed by atoms with Crippen LogP contribution in [0.1, 0.15) is 10.5 Å². The van der Waals surface area contributed by atoms with Crippen LogP contribution in [0.4, 0.5) is 5.69 Å². The van der Waals surface area contributed by atoms with Gasteiger partial charge in [0, 0.05) is 28.6 Å². The Bertz CT molecular complexity index is 905. The molecule has 2 heterocycles. The number of nitrogens with one attached hydrogen (secondary N) is 2. The lowest BCUT2D eigenvalue weighted by atomic mass is 10.2. The van der Waals surface area contributed by atoms with E-state index in [4.69, 9.17) is 0 Å². The number of amides is 1. The molecule has 112 valence electrons. The fourth-order valence-corrected chi connectivity index (χ4v) is 3.46. The number of H-pyrrole nitrogens is 1. The number of aryl methyl sites for hydroxylation is 1. The first-order valence-corrected chi connectivity index (χ1v) is 8.00. The molecular formula is C15H11Br2N3O2. The second kappa shape index (κ2) is 5.73. The number of carbonyl (C=O) groups excluding carboxylic acids is 1. The standard InChI is InChI=1S/C15H11Br2N3O2/c1-20-11-5-3-2-4-9(11)12(17)13(20)15(22)19-10-6-8(16)7-18-14(10)21/h2-7H,1H3,(H,18,21)(H,19,22). The third-order valence-corrected chi connectivity index (χ3v) is 4.64. The normalized spacial score (nSPS) is 10.9. The lowest BCUT2D eigenvalue weighted by Gasteiger charge is -2.07. The first kappa shape index (κ1) is 15.1. The van der Waals surface area contributed by atoms with E-state index in [2.05, 4.69) is 42.2 Å². The van der Waals surface area contributed by atoms with E-state index in [-0.39, 0.29) is 17.2 Å². The fraction of sp³-hybridized carbons (Fsp3) is 0.0667. The van der Waals surface area contributed by atoms with Crippen molar-refractivity contribution in [3.63, 3.8) is 0 Å². The van der Waals surface area contributed by atoms with Crippen LogP contribution in [0.3, 0.4) is 0 Å². The summed E-state index contributed by atoms with van der Waals surface area (Å²) in [6.45, 7) is 0. The van der Waals surface area contributed by atoms with Gasteiger partial charge in [-0.05, 0) is 44.0 Å². The number of hydrogen-bond acceptors (Lipinski definition) is 2. The number of nitrogens with zero attached hydrogens (tertiary/aromatic N) is 1. The Balaban J connectivity index is 2.06. The van der Waals surface area contributed by atoms with Gasteiger partial charge in [0.15, 0.2) is 0 Å². The maximum atomic E-state index is 12.6. The summed E-state index contributed by atoms with van der Waals surface area (Å²) < 4.78 is 3.18. The summed E-state index contributed by atoms with van der Waals surface area (Å²) in [5.74, 6) is -0.353. The van der Waals surface area contributed by atoms with E-state index in [1.54, 1.807) is 10.6 Å². The Morgan fingerprint density at radius 2 is 2.00 bits per heavy atom. The monoisotopic (exact) mass is 423 g/mol. The predicted molar refractivity (Wildman–Crippen MR) is 93.3 cm³/mol. The Morgan fingerprint density at radius 3 is 2.73 bits per heavy atom. The van der Waals surface area contributed by atoms with Crippen LogP contribution >= 0.6 is 31.9 Å². The summed E-state index contributed by atoms with van der Waals surface area (Å²) in [5, 5.41) is 3.59. The molecule has 0 saturated carbocycles. The quantitative estimate of drug-likeness (QED) is 0.659. The van der Waals surface area contributed by atoms with Gasteiger partial charge in [0.05, 0.1) is 4.47 Å². The number of halogens is 2. The SMILES string of the molecule is Cn1c(C(=O)Nc2cc(Br)c[nH]c2=O)c(Br)c2ccccc21. The van der Waals surface area contributed by atoms with Crippen LogP contribution in [0, 0.1) is 0 Å². The van der Waals surface area contributed by atoms with Crippen molar-refractivity contribution < 1.29 is 4.79 Å². The number of rotatable bonds is 2. The number of carbonyl (C=O) groups is 1. The Morgan fingerprint density at radius 1 is 1.27 bits per heavy atom. The number of aromatic nitrogens is 2. The van der Waals surface area contributed by atoms with E-state index in [9.17, 15) is 9.59 Å². The van der Waals surface area contributed by atoms with Crippen molar-refractivity contribution in [3.05, 3.63) is 61.5 Å². The number of benzene rings is 1. The molecule has 0 saturated heterocycles. The van der Waals surface area contributed by atoms with E-state index in [1.165, 1.54) is 6.20 Å². The maximum Gasteiger partial charge on any atom is 0.273 e. The van der Waals surface area contributed by atoms with Crippen molar-refractivity contribution in [2.45, 2.75) is 0 Å². The van der Waals surface area contributed by atoms with E-state index >= 15 is 0 Å². The highest BCUT2D eigenvalue weighted by molar-refractivity contribution is 9.11. The van der Waals surface area contributed by atoms with Crippen LogP contribution in [0.2, 0.25) is 0 Å².